The van der Waals surface area contributed by atoms with Crippen molar-refractivity contribution in [2.45, 2.75) is 72.4 Å². The van der Waals surface area contributed by atoms with Crippen LogP contribution in [0.3, 0.4) is 0 Å². The van der Waals surface area contributed by atoms with Crippen molar-refractivity contribution in [3.8, 4) is 5.75 Å². The highest BCUT2D eigenvalue weighted by atomic mass is 16.6. The van der Waals surface area contributed by atoms with Gasteiger partial charge in [-0.3, -0.25) is 0 Å². The van der Waals surface area contributed by atoms with E-state index >= 15 is 0 Å². The summed E-state index contributed by atoms with van der Waals surface area (Å²) >= 11 is 0. The van der Waals surface area contributed by atoms with Crippen LogP contribution in [0.4, 0.5) is 5.69 Å². The van der Waals surface area contributed by atoms with Gasteiger partial charge in [0.25, 0.3) is 0 Å². The molecule has 0 spiro atoms. The van der Waals surface area contributed by atoms with Crippen LogP contribution in [-0.2, 0) is 16.9 Å². The maximum Gasteiger partial charge on any atom is 0.358 e. The average molecular weight is 540 g/mol. The molecule has 0 amide bonds. The average Bonchev–Trinajstić information content (AvgIpc) is 3.43. The number of cyclic esters (lactones) is 1. The number of benzene rings is 2. The minimum Gasteiger partial charge on any atom is -0.493 e. The number of carbonyl (C=O) groups excluding carboxylic acids is 1. The summed E-state index contributed by atoms with van der Waals surface area (Å²) in [5.41, 5.74) is 5.07. The Morgan fingerprint density at radius 1 is 0.950 bits per heavy atom. The van der Waals surface area contributed by atoms with Crippen LogP contribution in [0.2, 0.25) is 0 Å². The van der Waals surface area contributed by atoms with E-state index in [4.69, 9.17) is 9.47 Å². The number of esters is 1. The number of rotatable bonds is 12. The van der Waals surface area contributed by atoms with Gasteiger partial charge in [0.05, 0.1) is 6.61 Å². The Morgan fingerprint density at radius 3 is 2.48 bits per heavy atom. The number of aryl methyl sites for hydroxylation is 1. The molecule has 2 aromatic carbocycles. The third kappa shape index (κ3) is 4.53. The van der Waals surface area contributed by atoms with E-state index in [0.29, 0.717) is 12.3 Å². The SMILES string of the molecule is CCCCOc1cc(N(CC)CC)ccc1C1(c2c(C)n(CCCC)c3ccccc23)OC(=O)c2ncccc21. The number of pyridine rings is 1. The van der Waals surface area contributed by atoms with Crippen LogP contribution in [0.1, 0.15) is 86.3 Å². The molecule has 0 fully saturated rings. The maximum absolute atomic E-state index is 13.6. The first kappa shape index (κ1) is 27.8. The van der Waals surface area contributed by atoms with Crippen molar-refractivity contribution in [3.05, 3.63) is 88.9 Å². The standard InChI is InChI=1S/C34H41N3O3/c1-6-10-21-37-24(5)31(26-15-12-13-17-29(26)37)34(28-16-14-20-35-32(28)33(38)40-34)27-19-18-25(36(8-3)9-4)23-30(27)39-22-11-7-2/h12-20,23H,6-11,21-22H2,1-5H3. The van der Waals surface area contributed by atoms with Crippen LogP contribution in [0.15, 0.2) is 60.8 Å². The van der Waals surface area contributed by atoms with Crippen LogP contribution in [-0.4, -0.2) is 35.2 Å². The fraction of sp³-hybridized carbons (Fsp3) is 0.412. The van der Waals surface area contributed by atoms with Crippen LogP contribution in [0.5, 0.6) is 5.75 Å². The van der Waals surface area contributed by atoms with Gasteiger partial charge >= 0.3 is 5.97 Å². The molecular weight excluding hydrogens is 498 g/mol. The molecule has 1 atom stereocenters. The topological polar surface area (TPSA) is 56.6 Å². The Bertz CT molecular complexity index is 1500. The molecule has 0 saturated heterocycles. The Balaban J connectivity index is 1.85. The molecule has 4 aromatic rings. The highest BCUT2D eigenvalue weighted by Gasteiger charge is 2.53. The monoisotopic (exact) mass is 539 g/mol. The molecular formula is C34H41N3O3. The number of para-hydroxylation sites is 1. The first-order chi connectivity index (χ1) is 19.5. The number of hydrogen-bond acceptors (Lipinski definition) is 5. The fourth-order valence-electron chi connectivity index (χ4n) is 6.13. The molecule has 210 valence electrons. The van der Waals surface area contributed by atoms with Gasteiger partial charge in [0, 0.05) is 70.9 Å². The Labute approximate surface area is 237 Å². The molecule has 6 heteroatoms. The molecule has 0 aliphatic carbocycles. The molecule has 3 heterocycles. The molecule has 1 unspecified atom stereocenters. The zero-order chi connectivity index (χ0) is 28.3. The summed E-state index contributed by atoms with van der Waals surface area (Å²) in [5, 5.41) is 1.08. The Kier molecular flexibility index (Phi) is 8.15. The summed E-state index contributed by atoms with van der Waals surface area (Å²) in [6.45, 7) is 14.1. The largest absolute Gasteiger partial charge is 0.493 e. The van der Waals surface area contributed by atoms with Gasteiger partial charge in [-0.2, -0.15) is 0 Å². The third-order valence-electron chi connectivity index (χ3n) is 8.17. The van der Waals surface area contributed by atoms with E-state index in [0.717, 1.165) is 90.0 Å². The number of aromatic nitrogens is 2. The molecule has 6 nitrogen and oxygen atoms in total. The van der Waals surface area contributed by atoms with Gasteiger partial charge in [0.15, 0.2) is 11.3 Å². The molecule has 5 rings (SSSR count). The van der Waals surface area contributed by atoms with E-state index in [2.05, 4.69) is 91.5 Å². The molecule has 1 aliphatic rings. The lowest BCUT2D eigenvalue weighted by atomic mass is 9.78. The second-order valence-electron chi connectivity index (χ2n) is 10.5. The number of anilines is 1. The van der Waals surface area contributed by atoms with Crippen LogP contribution >= 0.6 is 0 Å². The van der Waals surface area contributed by atoms with Crippen LogP contribution < -0.4 is 9.64 Å². The van der Waals surface area contributed by atoms with E-state index in [1.807, 2.05) is 12.1 Å². The highest BCUT2D eigenvalue weighted by Crippen LogP contribution is 2.53. The minimum absolute atomic E-state index is 0.361. The van der Waals surface area contributed by atoms with Crippen molar-refractivity contribution in [2.24, 2.45) is 0 Å². The van der Waals surface area contributed by atoms with Gasteiger partial charge in [-0.1, -0.05) is 51.0 Å². The lowest BCUT2D eigenvalue weighted by Crippen LogP contribution is -2.31. The molecule has 0 bridgehead atoms. The van der Waals surface area contributed by atoms with Gasteiger partial charge in [0.1, 0.15) is 5.75 Å². The summed E-state index contributed by atoms with van der Waals surface area (Å²) in [6.07, 6.45) is 5.79. The van der Waals surface area contributed by atoms with E-state index in [1.165, 1.54) is 0 Å². The van der Waals surface area contributed by atoms with Crippen molar-refractivity contribution in [1.82, 2.24) is 9.55 Å². The smallest absolute Gasteiger partial charge is 0.358 e. The lowest BCUT2D eigenvalue weighted by Gasteiger charge is -2.33. The first-order valence-electron chi connectivity index (χ1n) is 14.8. The van der Waals surface area contributed by atoms with E-state index in [9.17, 15) is 4.79 Å². The lowest BCUT2D eigenvalue weighted by molar-refractivity contribution is 0.0243. The summed E-state index contributed by atoms with van der Waals surface area (Å²) in [5.74, 6) is 0.333. The van der Waals surface area contributed by atoms with Crippen LogP contribution in [0.25, 0.3) is 10.9 Å². The number of ether oxygens (including phenoxy) is 2. The predicted octanol–water partition coefficient (Wildman–Crippen LogP) is 7.63. The maximum atomic E-state index is 13.6. The molecule has 0 radical (unpaired) electrons. The zero-order valence-electron chi connectivity index (χ0n) is 24.5. The second-order valence-corrected chi connectivity index (χ2v) is 10.5. The number of nitrogens with zero attached hydrogens (tertiary/aromatic N) is 3. The van der Waals surface area contributed by atoms with E-state index in [-0.39, 0.29) is 0 Å². The van der Waals surface area contributed by atoms with Crippen LogP contribution in [0, 0.1) is 6.92 Å². The zero-order valence-corrected chi connectivity index (χ0v) is 24.5. The highest BCUT2D eigenvalue weighted by molar-refractivity contribution is 5.97. The van der Waals surface area contributed by atoms with Crippen molar-refractivity contribution in [3.63, 3.8) is 0 Å². The molecule has 0 N–H and O–H groups in total. The summed E-state index contributed by atoms with van der Waals surface area (Å²) < 4.78 is 15.5. The molecule has 0 saturated carbocycles. The summed E-state index contributed by atoms with van der Waals surface area (Å²) in [6, 6.07) is 18.7. The predicted molar refractivity (Wildman–Crippen MR) is 162 cm³/mol. The Hall–Kier alpha value is -3.80. The first-order valence-corrected chi connectivity index (χ1v) is 14.8. The van der Waals surface area contributed by atoms with Crippen molar-refractivity contribution >= 4 is 22.6 Å². The number of hydrogen-bond donors (Lipinski definition) is 0. The molecule has 40 heavy (non-hydrogen) atoms. The van der Waals surface area contributed by atoms with Crippen molar-refractivity contribution < 1.29 is 14.3 Å². The normalized spacial score (nSPS) is 16.3. The summed E-state index contributed by atoms with van der Waals surface area (Å²) in [4.78, 5) is 20.4. The number of unbranched alkanes of at least 4 members (excludes halogenated alkanes) is 2. The fourth-order valence-corrected chi connectivity index (χ4v) is 6.13. The van der Waals surface area contributed by atoms with Gasteiger partial charge in [-0.15, -0.1) is 0 Å². The Morgan fingerprint density at radius 2 is 1.73 bits per heavy atom. The van der Waals surface area contributed by atoms with E-state index < -0.39 is 11.6 Å². The number of carbonyl (C=O) groups is 1. The quantitative estimate of drug-likeness (QED) is 0.137. The molecule has 2 aromatic heterocycles. The van der Waals surface area contributed by atoms with Crippen molar-refractivity contribution in [2.75, 3.05) is 24.6 Å². The van der Waals surface area contributed by atoms with E-state index in [1.54, 1.807) is 6.20 Å². The van der Waals surface area contributed by atoms with Gasteiger partial charge in [-0.05, 0) is 57.9 Å². The number of fused-ring (bicyclic) bond motifs is 2. The van der Waals surface area contributed by atoms with Gasteiger partial charge in [0.2, 0.25) is 0 Å². The minimum atomic E-state index is -1.19. The van der Waals surface area contributed by atoms with Crippen molar-refractivity contribution in [1.29, 1.82) is 0 Å². The second kappa shape index (κ2) is 11.7. The summed E-state index contributed by atoms with van der Waals surface area (Å²) in [7, 11) is 0. The third-order valence-corrected chi connectivity index (χ3v) is 8.17. The van der Waals surface area contributed by atoms with Gasteiger partial charge < -0.3 is 18.9 Å². The van der Waals surface area contributed by atoms with Gasteiger partial charge in [-0.25, -0.2) is 9.78 Å². The molecule has 1 aliphatic heterocycles.